The molecule has 0 aliphatic heterocycles. The summed E-state index contributed by atoms with van der Waals surface area (Å²) >= 11 is 2.89. The van der Waals surface area contributed by atoms with Crippen LogP contribution in [0.15, 0.2) is 10.5 Å². The molecule has 0 N–H and O–H groups in total. The summed E-state index contributed by atoms with van der Waals surface area (Å²) in [4.78, 5) is 14.8. The predicted octanol–water partition coefficient (Wildman–Crippen LogP) is 2.58. The molecule has 0 spiro atoms. The van der Waals surface area contributed by atoms with E-state index in [9.17, 15) is 13.6 Å². The Kier molecular flexibility index (Phi) is 4.17. The summed E-state index contributed by atoms with van der Waals surface area (Å²) in [6.45, 7) is 0. The minimum Gasteiger partial charge on any atom is -0.481 e. The maximum Gasteiger partial charge on any atom is 0.339 e. The molecule has 1 rings (SSSR count). The summed E-state index contributed by atoms with van der Waals surface area (Å²) in [6.07, 6.45) is -2.81. The van der Waals surface area contributed by atoms with Gasteiger partial charge in [-0.05, 0) is 15.9 Å². The largest absolute Gasteiger partial charge is 0.481 e. The molecule has 0 aliphatic carbocycles. The molecule has 0 fully saturated rings. The molecule has 0 saturated heterocycles. The summed E-state index contributed by atoms with van der Waals surface area (Å²) < 4.78 is 34.3. The number of hydrogen-bond acceptors (Lipinski definition) is 4. The first kappa shape index (κ1) is 12.8. The van der Waals surface area contributed by atoms with Crippen LogP contribution in [0, 0.1) is 0 Å². The average Bonchev–Trinajstić information content (AvgIpc) is 2.28. The molecule has 7 heteroatoms. The lowest BCUT2D eigenvalue weighted by Gasteiger charge is -2.09. The Hall–Kier alpha value is -1.24. The Morgan fingerprint density at radius 2 is 2.12 bits per heavy atom. The Morgan fingerprint density at radius 1 is 1.50 bits per heavy atom. The van der Waals surface area contributed by atoms with Crippen LogP contribution in [0.25, 0.3) is 0 Å². The van der Waals surface area contributed by atoms with Gasteiger partial charge >= 0.3 is 5.97 Å². The second kappa shape index (κ2) is 5.20. The van der Waals surface area contributed by atoms with Gasteiger partial charge in [0.2, 0.25) is 5.88 Å². The van der Waals surface area contributed by atoms with E-state index in [0.717, 1.165) is 7.11 Å². The summed E-state index contributed by atoms with van der Waals surface area (Å²) in [5.41, 5.74) is -0.607. The first-order chi connectivity index (χ1) is 7.51. The van der Waals surface area contributed by atoms with E-state index in [2.05, 4.69) is 25.7 Å². The van der Waals surface area contributed by atoms with Crippen LogP contribution in [0.3, 0.4) is 0 Å². The molecule has 0 aromatic carbocycles. The molecule has 0 unspecified atom stereocenters. The number of pyridine rings is 1. The highest BCUT2D eigenvalue weighted by Gasteiger charge is 2.22. The Balaban J connectivity index is 3.37. The molecule has 1 aromatic rings. The van der Waals surface area contributed by atoms with E-state index in [1.54, 1.807) is 0 Å². The first-order valence-electron chi connectivity index (χ1n) is 4.12. The lowest BCUT2D eigenvalue weighted by molar-refractivity contribution is 0.0598. The van der Waals surface area contributed by atoms with Crippen molar-refractivity contribution >= 4 is 21.9 Å². The van der Waals surface area contributed by atoms with Gasteiger partial charge in [0.15, 0.2) is 0 Å². The number of esters is 1. The van der Waals surface area contributed by atoms with Gasteiger partial charge in [-0.2, -0.15) is 0 Å². The Labute approximate surface area is 98.7 Å². The van der Waals surface area contributed by atoms with E-state index in [1.165, 1.54) is 13.2 Å². The standard InChI is InChI=1S/C9H8BrF2NO3/c1-15-5-3-4(9(14)16-2)6(10)7(13-5)8(11)12/h3,8H,1-2H3. The second-order valence-electron chi connectivity index (χ2n) is 2.70. The van der Waals surface area contributed by atoms with Crippen LogP contribution >= 0.6 is 15.9 Å². The highest BCUT2D eigenvalue weighted by molar-refractivity contribution is 9.10. The number of aromatic nitrogens is 1. The molecular weight excluding hydrogens is 288 g/mol. The fourth-order valence-electron chi connectivity index (χ4n) is 1.03. The van der Waals surface area contributed by atoms with Crippen molar-refractivity contribution in [2.75, 3.05) is 14.2 Å². The molecule has 0 saturated carbocycles. The maximum atomic E-state index is 12.6. The number of methoxy groups -OCH3 is 2. The molecule has 16 heavy (non-hydrogen) atoms. The van der Waals surface area contributed by atoms with Crippen molar-refractivity contribution in [3.05, 3.63) is 21.8 Å². The Morgan fingerprint density at radius 3 is 2.56 bits per heavy atom. The minimum atomic E-state index is -2.81. The monoisotopic (exact) mass is 295 g/mol. The first-order valence-corrected chi connectivity index (χ1v) is 4.91. The molecule has 88 valence electrons. The number of carbonyl (C=O) groups is 1. The molecule has 0 atom stereocenters. The maximum absolute atomic E-state index is 12.6. The van der Waals surface area contributed by atoms with Crippen LogP contribution in [-0.4, -0.2) is 25.2 Å². The smallest absolute Gasteiger partial charge is 0.339 e. The van der Waals surface area contributed by atoms with Crippen LogP contribution in [0.5, 0.6) is 5.88 Å². The number of ether oxygens (including phenoxy) is 2. The van der Waals surface area contributed by atoms with E-state index >= 15 is 0 Å². The molecule has 0 amide bonds. The van der Waals surface area contributed by atoms with Crippen LogP contribution < -0.4 is 4.74 Å². The third-order valence-electron chi connectivity index (χ3n) is 1.78. The molecule has 0 aliphatic rings. The zero-order valence-electron chi connectivity index (χ0n) is 8.46. The topological polar surface area (TPSA) is 48.4 Å². The summed E-state index contributed by atoms with van der Waals surface area (Å²) in [5.74, 6) is -0.812. The number of rotatable bonds is 3. The lowest BCUT2D eigenvalue weighted by Crippen LogP contribution is -2.07. The molecule has 1 aromatic heterocycles. The highest BCUT2D eigenvalue weighted by atomic mass is 79.9. The highest BCUT2D eigenvalue weighted by Crippen LogP contribution is 2.31. The van der Waals surface area contributed by atoms with Gasteiger partial charge in [-0.1, -0.05) is 0 Å². The van der Waals surface area contributed by atoms with E-state index in [0.29, 0.717) is 0 Å². The number of hydrogen-bond donors (Lipinski definition) is 0. The SMILES string of the molecule is COC(=O)c1cc(OC)nc(C(F)F)c1Br. The minimum absolute atomic E-state index is 0.0513. The summed E-state index contributed by atoms with van der Waals surface area (Å²) in [7, 11) is 2.43. The van der Waals surface area contributed by atoms with Crippen LogP contribution in [0.2, 0.25) is 0 Å². The normalized spacial score (nSPS) is 10.4. The predicted molar refractivity (Wildman–Crippen MR) is 54.8 cm³/mol. The third-order valence-corrected chi connectivity index (χ3v) is 2.61. The molecule has 0 radical (unpaired) electrons. The van der Waals surface area contributed by atoms with Gasteiger partial charge in [-0.3, -0.25) is 0 Å². The van der Waals surface area contributed by atoms with Crippen molar-refractivity contribution in [1.82, 2.24) is 4.98 Å². The van der Waals surface area contributed by atoms with Crippen molar-refractivity contribution in [1.29, 1.82) is 0 Å². The zero-order chi connectivity index (χ0) is 12.3. The van der Waals surface area contributed by atoms with Gasteiger partial charge in [-0.15, -0.1) is 0 Å². The second-order valence-corrected chi connectivity index (χ2v) is 3.50. The van der Waals surface area contributed by atoms with Gasteiger partial charge in [-0.25, -0.2) is 18.6 Å². The number of alkyl halides is 2. The molecule has 0 bridgehead atoms. The third kappa shape index (κ3) is 2.46. The molecular formula is C9H8BrF2NO3. The fraction of sp³-hybridized carbons (Fsp3) is 0.333. The van der Waals surface area contributed by atoms with Gasteiger partial charge < -0.3 is 9.47 Å². The number of nitrogens with zero attached hydrogens (tertiary/aromatic N) is 1. The van der Waals surface area contributed by atoms with Crippen molar-refractivity contribution in [3.63, 3.8) is 0 Å². The van der Waals surface area contributed by atoms with Crippen molar-refractivity contribution in [3.8, 4) is 5.88 Å². The van der Waals surface area contributed by atoms with E-state index in [-0.39, 0.29) is 15.9 Å². The van der Waals surface area contributed by atoms with E-state index in [1.807, 2.05) is 0 Å². The summed E-state index contributed by atoms with van der Waals surface area (Å²) in [6, 6.07) is 1.22. The lowest BCUT2D eigenvalue weighted by atomic mass is 10.2. The van der Waals surface area contributed by atoms with Crippen molar-refractivity contribution in [2.24, 2.45) is 0 Å². The van der Waals surface area contributed by atoms with Gasteiger partial charge in [0, 0.05) is 6.07 Å². The van der Waals surface area contributed by atoms with Gasteiger partial charge in [0.05, 0.1) is 24.3 Å². The number of halogens is 3. The fourth-order valence-corrected chi connectivity index (χ4v) is 1.57. The van der Waals surface area contributed by atoms with Crippen LogP contribution in [0.4, 0.5) is 8.78 Å². The number of carbonyl (C=O) groups excluding carboxylic acids is 1. The quantitative estimate of drug-likeness (QED) is 0.804. The van der Waals surface area contributed by atoms with Crippen molar-refractivity contribution in [2.45, 2.75) is 6.43 Å². The van der Waals surface area contributed by atoms with Gasteiger partial charge in [0.25, 0.3) is 6.43 Å². The van der Waals surface area contributed by atoms with Crippen LogP contribution in [0.1, 0.15) is 22.5 Å². The van der Waals surface area contributed by atoms with Gasteiger partial charge in [0.1, 0.15) is 5.69 Å². The average molecular weight is 296 g/mol. The molecule has 4 nitrogen and oxygen atoms in total. The Bertz CT molecular complexity index is 412. The summed E-state index contributed by atoms with van der Waals surface area (Å²) in [5, 5.41) is 0. The van der Waals surface area contributed by atoms with Crippen molar-refractivity contribution < 1.29 is 23.0 Å². The zero-order valence-corrected chi connectivity index (χ0v) is 10.0. The van der Waals surface area contributed by atoms with E-state index < -0.39 is 18.1 Å². The van der Waals surface area contributed by atoms with E-state index in [4.69, 9.17) is 4.74 Å². The van der Waals surface area contributed by atoms with Crippen LogP contribution in [-0.2, 0) is 4.74 Å². The molecule has 1 heterocycles.